The van der Waals surface area contributed by atoms with E-state index in [1.54, 1.807) is 0 Å². The van der Waals surface area contributed by atoms with Crippen molar-refractivity contribution in [3.63, 3.8) is 0 Å². The summed E-state index contributed by atoms with van der Waals surface area (Å²) in [6.07, 6.45) is 14.8. The highest BCUT2D eigenvalue weighted by molar-refractivity contribution is 6.04. The van der Waals surface area contributed by atoms with Gasteiger partial charge in [-0.25, -0.2) is 9.59 Å². The summed E-state index contributed by atoms with van der Waals surface area (Å²) in [4.78, 5) is 24.8. The predicted octanol–water partition coefficient (Wildman–Crippen LogP) is 4.79. The lowest BCUT2D eigenvalue weighted by atomic mass is 9.92. The largest absolute Gasteiger partial charge is 0.479 e. The standard InChI is InChI=1S/C23H46N2O4/c1-3-5-7-9-10-11-12-16-20-29-22(28)23(21(26)27,17-13-14-18-24)25-19-15-8-6-4-2/h25H,3-20,24H2,1-2H3,(H,26,27)/t23-/m0/s1. The molecule has 6 heteroatoms. The lowest BCUT2D eigenvalue weighted by Crippen LogP contribution is -2.59. The molecule has 0 bridgehead atoms. The molecule has 4 N–H and O–H groups in total. The van der Waals surface area contributed by atoms with Crippen molar-refractivity contribution in [1.29, 1.82) is 0 Å². The maximum atomic E-state index is 12.7. The highest BCUT2D eigenvalue weighted by Crippen LogP contribution is 2.19. The van der Waals surface area contributed by atoms with Gasteiger partial charge in [0, 0.05) is 0 Å². The quantitative estimate of drug-likeness (QED) is 0.142. The third-order valence-corrected chi connectivity index (χ3v) is 5.41. The van der Waals surface area contributed by atoms with E-state index in [0.29, 0.717) is 25.9 Å². The van der Waals surface area contributed by atoms with Crippen LogP contribution in [0.2, 0.25) is 0 Å². The van der Waals surface area contributed by atoms with Crippen molar-refractivity contribution in [3.05, 3.63) is 0 Å². The van der Waals surface area contributed by atoms with Crippen molar-refractivity contribution < 1.29 is 19.4 Å². The van der Waals surface area contributed by atoms with E-state index >= 15 is 0 Å². The molecule has 29 heavy (non-hydrogen) atoms. The fourth-order valence-electron chi connectivity index (χ4n) is 3.44. The molecular formula is C23H46N2O4. The van der Waals surface area contributed by atoms with Gasteiger partial charge in [-0.05, 0) is 45.2 Å². The first-order valence-electron chi connectivity index (χ1n) is 11.9. The second-order valence-electron chi connectivity index (χ2n) is 8.05. The molecule has 0 heterocycles. The van der Waals surface area contributed by atoms with Crippen LogP contribution in [-0.4, -0.2) is 42.3 Å². The number of carboxylic acids is 1. The Morgan fingerprint density at radius 3 is 1.93 bits per heavy atom. The number of hydrogen-bond donors (Lipinski definition) is 3. The Labute approximate surface area is 178 Å². The predicted molar refractivity (Wildman–Crippen MR) is 119 cm³/mol. The summed E-state index contributed by atoms with van der Waals surface area (Å²) < 4.78 is 5.41. The highest BCUT2D eigenvalue weighted by atomic mass is 16.5. The number of ether oxygens (including phenoxy) is 1. The molecule has 0 amide bonds. The second kappa shape index (κ2) is 18.9. The Hall–Kier alpha value is -1.14. The minimum Gasteiger partial charge on any atom is -0.479 e. The summed E-state index contributed by atoms with van der Waals surface area (Å²) in [5.74, 6) is -1.80. The minimum absolute atomic E-state index is 0.212. The number of esters is 1. The van der Waals surface area contributed by atoms with Crippen molar-refractivity contribution in [3.8, 4) is 0 Å². The molecular weight excluding hydrogens is 368 g/mol. The van der Waals surface area contributed by atoms with Crippen molar-refractivity contribution in [2.75, 3.05) is 19.7 Å². The Morgan fingerprint density at radius 2 is 1.38 bits per heavy atom. The van der Waals surface area contributed by atoms with E-state index in [2.05, 4.69) is 19.2 Å². The molecule has 0 spiro atoms. The van der Waals surface area contributed by atoms with Crippen molar-refractivity contribution in [2.45, 2.75) is 116 Å². The van der Waals surface area contributed by atoms with Crippen molar-refractivity contribution >= 4 is 11.9 Å². The zero-order valence-electron chi connectivity index (χ0n) is 19.0. The van der Waals surface area contributed by atoms with E-state index in [-0.39, 0.29) is 13.0 Å². The normalized spacial score (nSPS) is 13.2. The first kappa shape index (κ1) is 27.9. The molecule has 0 rings (SSSR count). The summed E-state index contributed by atoms with van der Waals surface area (Å²) in [6, 6.07) is 0. The molecule has 0 aromatic rings. The van der Waals surface area contributed by atoms with Gasteiger partial charge < -0.3 is 15.6 Å². The van der Waals surface area contributed by atoms with Crippen LogP contribution in [0.1, 0.15) is 110 Å². The maximum Gasteiger partial charge on any atom is 0.338 e. The Morgan fingerprint density at radius 1 is 0.828 bits per heavy atom. The average Bonchev–Trinajstić information content (AvgIpc) is 2.70. The summed E-state index contributed by atoms with van der Waals surface area (Å²) >= 11 is 0. The molecule has 0 aliphatic heterocycles. The van der Waals surface area contributed by atoms with Gasteiger partial charge >= 0.3 is 11.9 Å². The van der Waals surface area contributed by atoms with Crippen LogP contribution >= 0.6 is 0 Å². The number of hydrogen-bond acceptors (Lipinski definition) is 5. The zero-order chi connectivity index (χ0) is 21.8. The molecule has 0 saturated carbocycles. The maximum absolute atomic E-state index is 12.7. The van der Waals surface area contributed by atoms with Crippen LogP contribution in [0.5, 0.6) is 0 Å². The zero-order valence-corrected chi connectivity index (χ0v) is 19.0. The van der Waals surface area contributed by atoms with E-state index < -0.39 is 17.5 Å². The van der Waals surface area contributed by atoms with Gasteiger partial charge in [0.2, 0.25) is 5.54 Å². The van der Waals surface area contributed by atoms with Gasteiger partial charge in [-0.15, -0.1) is 0 Å². The van der Waals surface area contributed by atoms with E-state index in [4.69, 9.17) is 10.5 Å². The van der Waals surface area contributed by atoms with Gasteiger partial charge in [-0.3, -0.25) is 5.32 Å². The Kier molecular flexibility index (Phi) is 18.1. The lowest BCUT2D eigenvalue weighted by molar-refractivity contribution is -0.164. The second-order valence-corrected chi connectivity index (χ2v) is 8.05. The monoisotopic (exact) mass is 414 g/mol. The van der Waals surface area contributed by atoms with Crippen LogP contribution in [0, 0.1) is 0 Å². The number of carbonyl (C=O) groups is 2. The van der Waals surface area contributed by atoms with Crippen LogP contribution in [0.3, 0.4) is 0 Å². The fraction of sp³-hybridized carbons (Fsp3) is 0.913. The van der Waals surface area contributed by atoms with E-state index in [1.807, 2.05) is 0 Å². The third-order valence-electron chi connectivity index (χ3n) is 5.41. The van der Waals surface area contributed by atoms with Crippen molar-refractivity contribution in [1.82, 2.24) is 5.32 Å². The van der Waals surface area contributed by atoms with Crippen molar-refractivity contribution in [2.24, 2.45) is 5.73 Å². The molecule has 0 saturated heterocycles. The molecule has 0 aromatic carbocycles. The van der Waals surface area contributed by atoms with Crippen LogP contribution in [0.4, 0.5) is 0 Å². The number of carbonyl (C=O) groups excluding carboxylic acids is 1. The SMILES string of the molecule is CCCCCCCCCCOC(=O)[C@@](CCCCN)(NCCCCCC)C(=O)O. The van der Waals surface area contributed by atoms with Crippen LogP contribution in [-0.2, 0) is 14.3 Å². The van der Waals surface area contributed by atoms with Gasteiger partial charge in [0.05, 0.1) is 6.61 Å². The van der Waals surface area contributed by atoms with Gasteiger partial charge in [0.25, 0.3) is 0 Å². The summed E-state index contributed by atoms with van der Waals surface area (Å²) in [5, 5.41) is 12.9. The number of carboxylic acid groups (broad SMARTS) is 1. The lowest BCUT2D eigenvalue weighted by Gasteiger charge is -2.28. The van der Waals surface area contributed by atoms with E-state index in [9.17, 15) is 14.7 Å². The molecule has 1 atom stereocenters. The molecule has 172 valence electrons. The van der Waals surface area contributed by atoms with Gasteiger partial charge in [-0.1, -0.05) is 78.1 Å². The molecule has 0 aliphatic rings. The smallest absolute Gasteiger partial charge is 0.338 e. The Balaban J connectivity index is 4.47. The third kappa shape index (κ3) is 12.9. The number of nitrogens with two attached hydrogens (primary N) is 1. The van der Waals surface area contributed by atoms with E-state index in [1.165, 1.54) is 32.1 Å². The number of rotatable bonds is 21. The fourth-order valence-corrected chi connectivity index (χ4v) is 3.44. The topological polar surface area (TPSA) is 102 Å². The first-order valence-corrected chi connectivity index (χ1v) is 11.9. The van der Waals surface area contributed by atoms with Crippen LogP contribution < -0.4 is 11.1 Å². The molecule has 0 unspecified atom stereocenters. The number of aliphatic carboxylic acids is 1. The van der Waals surface area contributed by atoms with Gasteiger partial charge in [0.1, 0.15) is 0 Å². The van der Waals surface area contributed by atoms with Crippen LogP contribution in [0.25, 0.3) is 0 Å². The number of nitrogens with one attached hydrogen (secondary N) is 1. The molecule has 0 fully saturated rings. The molecule has 0 aliphatic carbocycles. The summed E-state index contributed by atoms with van der Waals surface area (Å²) in [5.41, 5.74) is 3.89. The highest BCUT2D eigenvalue weighted by Gasteiger charge is 2.46. The van der Waals surface area contributed by atoms with Gasteiger partial charge in [-0.2, -0.15) is 0 Å². The van der Waals surface area contributed by atoms with E-state index in [0.717, 1.165) is 44.9 Å². The summed E-state index contributed by atoms with van der Waals surface area (Å²) in [7, 11) is 0. The number of unbranched alkanes of at least 4 members (excludes halogenated alkanes) is 11. The molecule has 0 aromatic heterocycles. The summed E-state index contributed by atoms with van der Waals surface area (Å²) in [6.45, 7) is 5.62. The first-order chi connectivity index (χ1) is 14.0. The van der Waals surface area contributed by atoms with Gasteiger partial charge in [0.15, 0.2) is 0 Å². The Bertz CT molecular complexity index is 418. The molecule has 6 nitrogen and oxygen atoms in total. The average molecular weight is 415 g/mol. The molecule has 0 radical (unpaired) electrons. The van der Waals surface area contributed by atoms with Crippen LogP contribution in [0.15, 0.2) is 0 Å². The minimum atomic E-state index is -1.65.